The molecule has 0 spiro atoms. The monoisotopic (exact) mass is 294 g/mol. The van der Waals surface area contributed by atoms with Gasteiger partial charge >= 0.3 is 0 Å². The fourth-order valence-corrected chi connectivity index (χ4v) is 2.60. The van der Waals surface area contributed by atoms with Gasteiger partial charge in [-0.25, -0.2) is 0 Å². The molecule has 0 bridgehead atoms. The molecule has 21 heavy (non-hydrogen) atoms. The van der Waals surface area contributed by atoms with Gasteiger partial charge < -0.3 is 24.6 Å². The average Bonchev–Trinajstić information content (AvgIpc) is 3.01. The highest BCUT2D eigenvalue weighted by Gasteiger charge is 2.43. The molecule has 0 amide bonds. The molecule has 2 aromatic rings. The molecule has 3 N–H and O–H groups in total. The zero-order valence-electron chi connectivity index (χ0n) is 10.9. The van der Waals surface area contributed by atoms with E-state index in [2.05, 4.69) is 0 Å². The van der Waals surface area contributed by atoms with Gasteiger partial charge in [0, 0.05) is 23.7 Å². The fraction of sp³-hybridized carbons (Fsp3) is 0.385. The van der Waals surface area contributed by atoms with Crippen LogP contribution in [0.1, 0.15) is 6.23 Å². The van der Waals surface area contributed by atoms with Crippen LogP contribution in [0, 0.1) is 10.1 Å². The summed E-state index contributed by atoms with van der Waals surface area (Å²) in [7, 11) is 0. The topological polar surface area (TPSA) is 118 Å². The van der Waals surface area contributed by atoms with Crippen LogP contribution < -0.4 is 0 Å². The summed E-state index contributed by atoms with van der Waals surface area (Å²) in [5, 5.41) is 40.3. The number of aromatic nitrogens is 1. The van der Waals surface area contributed by atoms with Crippen molar-refractivity contribution in [2.45, 2.75) is 24.5 Å². The number of benzene rings is 1. The second-order valence-corrected chi connectivity index (χ2v) is 4.95. The number of nitrogens with zero attached hydrogens (tertiary/aromatic N) is 2. The molecule has 0 unspecified atom stereocenters. The summed E-state index contributed by atoms with van der Waals surface area (Å²) in [6, 6.07) is 6.01. The molecular formula is C13H14N2O6. The van der Waals surface area contributed by atoms with Gasteiger partial charge in [0.1, 0.15) is 18.3 Å². The van der Waals surface area contributed by atoms with Crippen molar-refractivity contribution in [1.82, 2.24) is 4.57 Å². The van der Waals surface area contributed by atoms with E-state index in [1.165, 1.54) is 12.1 Å². The second-order valence-electron chi connectivity index (χ2n) is 4.95. The van der Waals surface area contributed by atoms with Gasteiger partial charge in [-0.2, -0.15) is 0 Å². The number of nitro benzene ring substituents is 1. The van der Waals surface area contributed by atoms with E-state index < -0.39 is 36.1 Å². The van der Waals surface area contributed by atoms with E-state index in [-0.39, 0.29) is 5.69 Å². The van der Waals surface area contributed by atoms with Crippen LogP contribution in [0.5, 0.6) is 0 Å². The number of fused-ring (bicyclic) bond motifs is 1. The lowest BCUT2D eigenvalue weighted by atomic mass is 10.1. The highest BCUT2D eigenvalue weighted by atomic mass is 16.6. The second kappa shape index (κ2) is 5.08. The molecule has 0 aliphatic carbocycles. The van der Waals surface area contributed by atoms with Crippen molar-refractivity contribution in [2.24, 2.45) is 0 Å². The van der Waals surface area contributed by atoms with Crippen LogP contribution in [0.2, 0.25) is 0 Å². The van der Waals surface area contributed by atoms with E-state index in [1.54, 1.807) is 22.9 Å². The molecule has 0 saturated carbocycles. The van der Waals surface area contributed by atoms with Gasteiger partial charge in [0.25, 0.3) is 5.69 Å². The van der Waals surface area contributed by atoms with Gasteiger partial charge in [-0.1, -0.05) is 0 Å². The molecule has 8 heteroatoms. The normalized spacial score (nSPS) is 29.1. The minimum atomic E-state index is -1.19. The van der Waals surface area contributed by atoms with Crippen LogP contribution >= 0.6 is 0 Å². The Kier molecular flexibility index (Phi) is 3.38. The first-order chi connectivity index (χ1) is 10.0. The molecule has 1 fully saturated rings. The third-order valence-electron chi connectivity index (χ3n) is 3.71. The Morgan fingerprint density at radius 2 is 2.05 bits per heavy atom. The van der Waals surface area contributed by atoms with Crippen molar-refractivity contribution in [3.8, 4) is 0 Å². The molecule has 1 aliphatic rings. The smallest absolute Gasteiger partial charge is 0.270 e. The maximum absolute atomic E-state index is 10.8. The van der Waals surface area contributed by atoms with Gasteiger partial charge in [-0.15, -0.1) is 0 Å². The number of hydrogen-bond acceptors (Lipinski definition) is 6. The molecule has 4 atom stereocenters. The van der Waals surface area contributed by atoms with E-state index >= 15 is 0 Å². The zero-order valence-corrected chi connectivity index (χ0v) is 10.9. The lowest BCUT2D eigenvalue weighted by Crippen LogP contribution is -2.33. The summed E-state index contributed by atoms with van der Waals surface area (Å²) in [5.74, 6) is 0. The first kappa shape index (κ1) is 14.0. The van der Waals surface area contributed by atoms with Crippen LogP contribution in [0.3, 0.4) is 0 Å². The Bertz CT molecular complexity index is 684. The third kappa shape index (κ3) is 2.18. The molecule has 112 valence electrons. The molecule has 0 radical (unpaired) electrons. The van der Waals surface area contributed by atoms with E-state index in [9.17, 15) is 20.3 Å². The van der Waals surface area contributed by atoms with Crippen LogP contribution in [0.4, 0.5) is 5.69 Å². The number of hydrogen-bond donors (Lipinski definition) is 3. The Hall–Kier alpha value is -2.00. The van der Waals surface area contributed by atoms with Crippen LogP contribution in [-0.4, -0.2) is 49.7 Å². The molecule has 1 saturated heterocycles. The number of aliphatic hydroxyl groups excluding tert-OH is 3. The maximum atomic E-state index is 10.8. The Morgan fingerprint density at radius 1 is 1.29 bits per heavy atom. The number of rotatable bonds is 3. The number of nitro groups is 1. The molecule has 2 heterocycles. The minimum absolute atomic E-state index is 0.0265. The fourth-order valence-electron chi connectivity index (χ4n) is 2.60. The summed E-state index contributed by atoms with van der Waals surface area (Å²) >= 11 is 0. The lowest BCUT2D eigenvalue weighted by Gasteiger charge is -2.17. The molecular weight excluding hydrogens is 280 g/mol. The largest absolute Gasteiger partial charge is 0.394 e. The van der Waals surface area contributed by atoms with Crippen LogP contribution in [0.25, 0.3) is 10.9 Å². The number of ether oxygens (including phenoxy) is 1. The van der Waals surface area contributed by atoms with E-state index in [0.29, 0.717) is 10.9 Å². The zero-order chi connectivity index (χ0) is 15.1. The first-order valence-electron chi connectivity index (χ1n) is 6.40. The standard InChI is InChI=1S/C13H14N2O6/c16-6-10-11(17)12(18)13(21-10)14-4-3-7-5-8(15(19)20)1-2-9(7)14/h1-5,10-13,16-18H,6H2/t10-,11-,12-,13-/m1/s1. The molecule has 3 rings (SSSR count). The minimum Gasteiger partial charge on any atom is -0.394 e. The van der Waals surface area contributed by atoms with Crippen LogP contribution in [-0.2, 0) is 4.74 Å². The average molecular weight is 294 g/mol. The first-order valence-corrected chi connectivity index (χ1v) is 6.40. The van der Waals surface area contributed by atoms with Gasteiger partial charge in [0.15, 0.2) is 6.23 Å². The highest BCUT2D eigenvalue weighted by Crippen LogP contribution is 2.33. The summed E-state index contributed by atoms with van der Waals surface area (Å²) in [5.41, 5.74) is 0.608. The quantitative estimate of drug-likeness (QED) is 0.548. The summed E-state index contributed by atoms with van der Waals surface area (Å²) in [6.45, 7) is -0.403. The molecule has 1 aromatic carbocycles. The Morgan fingerprint density at radius 3 is 2.67 bits per heavy atom. The predicted octanol–water partition coefficient (Wildman–Crippen LogP) is 0.161. The SMILES string of the molecule is O=[N+]([O-])c1ccc2c(ccn2[C@@H]2O[C@H](CO)[C@@H](O)[C@H]2O)c1. The summed E-state index contributed by atoms with van der Waals surface area (Å²) in [4.78, 5) is 10.3. The summed E-state index contributed by atoms with van der Waals surface area (Å²) in [6.07, 6.45) is -2.46. The Labute approximate surface area is 119 Å². The Balaban J connectivity index is 2.00. The molecule has 8 nitrogen and oxygen atoms in total. The number of non-ortho nitro benzene ring substituents is 1. The molecule has 1 aliphatic heterocycles. The van der Waals surface area contributed by atoms with Crippen molar-refractivity contribution < 1.29 is 25.0 Å². The van der Waals surface area contributed by atoms with E-state index in [1.807, 2.05) is 0 Å². The van der Waals surface area contributed by atoms with E-state index in [0.717, 1.165) is 0 Å². The van der Waals surface area contributed by atoms with Crippen molar-refractivity contribution in [3.63, 3.8) is 0 Å². The van der Waals surface area contributed by atoms with Crippen molar-refractivity contribution in [1.29, 1.82) is 0 Å². The van der Waals surface area contributed by atoms with Gasteiger partial charge in [0.05, 0.1) is 17.0 Å². The van der Waals surface area contributed by atoms with Crippen molar-refractivity contribution in [3.05, 3.63) is 40.6 Å². The predicted molar refractivity (Wildman–Crippen MR) is 71.6 cm³/mol. The van der Waals surface area contributed by atoms with Crippen molar-refractivity contribution >= 4 is 16.6 Å². The van der Waals surface area contributed by atoms with E-state index in [4.69, 9.17) is 9.84 Å². The summed E-state index contributed by atoms with van der Waals surface area (Å²) < 4.78 is 7.03. The van der Waals surface area contributed by atoms with Crippen molar-refractivity contribution in [2.75, 3.05) is 6.61 Å². The third-order valence-corrected chi connectivity index (χ3v) is 3.71. The molecule has 1 aromatic heterocycles. The number of aliphatic hydroxyl groups is 3. The van der Waals surface area contributed by atoms with Gasteiger partial charge in [-0.3, -0.25) is 10.1 Å². The van der Waals surface area contributed by atoms with Crippen LogP contribution in [0.15, 0.2) is 30.5 Å². The lowest BCUT2D eigenvalue weighted by molar-refractivity contribution is -0.384. The highest BCUT2D eigenvalue weighted by molar-refractivity contribution is 5.82. The van der Waals surface area contributed by atoms with Gasteiger partial charge in [0.2, 0.25) is 0 Å². The van der Waals surface area contributed by atoms with Gasteiger partial charge in [-0.05, 0) is 12.1 Å². The maximum Gasteiger partial charge on any atom is 0.270 e.